The average molecular weight is 556 g/mol. The SMILES string of the molecule is CC1C=CC(CCS(=O)[O-])=c2ccc3c(c21)C(=O)C=C1C(C2=CN=CC=CN2)=CCC(c2ccc(F)cc2F)C=31. The van der Waals surface area contributed by atoms with E-state index in [2.05, 4.69) is 10.3 Å². The molecule has 3 unspecified atom stereocenters. The minimum atomic E-state index is -2.18. The summed E-state index contributed by atoms with van der Waals surface area (Å²) in [4.78, 5) is 18.2. The highest BCUT2D eigenvalue weighted by Gasteiger charge is 2.35. The van der Waals surface area contributed by atoms with Crippen LogP contribution in [0.3, 0.4) is 0 Å². The predicted molar refractivity (Wildman–Crippen MR) is 152 cm³/mol. The lowest BCUT2D eigenvalue weighted by Crippen LogP contribution is -2.35. The number of nitrogens with zero attached hydrogens (tertiary/aromatic N) is 1. The molecule has 1 aliphatic heterocycles. The van der Waals surface area contributed by atoms with Crippen LogP contribution in [0.15, 0.2) is 94.9 Å². The summed E-state index contributed by atoms with van der Waals surface area (Å²) in [6.07, 6.45) is 15.1. The third-order valence-electron chi connectivity index (χ3n) is 7.81. The van der Waals surface area contributed by atoms with Crippen molar-refractivity contribution < 1.29 is 22.3 Å². The molecule has 8 heteroatoms. The van der Waals surface area contributed by atoms with E-state index in [-0.39, 0.29) is 17.5 Å². The summed E-state index contributed by atoms with van der Waals surface area (Å²) in [6.45, 7) is 2.00. The molecule has 2 aromatic rings. The van der Waals surface area contributed by atoms with E-state index in [9.17, 15) is 17.9 Å². The molecule has 0 saturated heterocycles. The normalized spacial score (nSPS) is 21.9. The quantitative estimate of drug-likeness (QED) is 0.552. The first-order valence-corrected chi connectivity index (χ1v) is 14.3. The van der Waals surface area contributed by atoms with Gasteiger partial charge in [0, 0.05) is 47.2 Å². The molecule has 2 aromatic carbocycles. The number of carbonyl (C=O) groups is 1. The van der Waals surface area contributed by atoms with Crippen LogP contribution in [0.5, 0.6) is 0 Å². The molecular formula is C32H25F2N2O3S-. The standard InChI is InChI=1S/C32H26F2N2O3S/c1-18-3-4-19(11-14-40(38)39)21-7-10-25-31-24(22-6-5-20(33)15-27(22)34)9-8-23(28-17-35-12-2-13-36-28)26(31)16-29(37)32(25)30(18)21/h2-8,10,12-13,15-18,24,36H,9,11,14H2,1H3,(H,38,39)/p-1. The lowest BCUT2D eigenvalue weighted by molar-refractivity contribution is 0.104. The highest BCUT2D eigenvalue weighted by molar-refractivity contribution is 7.79. The van der Waals surface area contributed by atoms with Crippen LogP contribution in [0.1, 0.15) is 53.1 Å². The Morgan fingerprint density at radius 2 is 1.98 bits per heavy atom. The first-order valence-electron chi connectivity index (χ1n) is 13.0. The number of rotatable bonds is 5. The van der Waals surface area contributed by atoms with E-state index in [1.165, 1.54) is 12.1 Å². The largest absolute Gasteiger partial charge is 0.772 e. The number of ketones is 1. The maximum Gasteiger partial charge on any atom is 0.187 e. The second-order valence-corrected chi connectivity index (χ2v) is 11.1. The summed E-state index contributed by atoms with van der Waals surface area (Å²) in [5.41, 5.74) is 5.56. The molecule has 0 amide bonds. The molecule has 0 spiro atoms. The van der Waals surface area contributed by atoms with E-state index in [1.807, 2.05) is 37.3 Å². The smallest absolute Gasteiger partial charge is 0.187 e. The fourth-order valence-electron chi connectivity index (χ4n) is 6.06. The second-order valence-electron chi connectivity index (χ2n) is 10.1. The molecule has 0 radical (unpaired) electrons. The summed E-state index contributed by atoms with van der Waals surface area (Å²) in [5.74, 6) is -2.01. The van der Waals surface area contributed by atoms with Crippen molar-refractivity contribution in [2.75, 3.05) is 5.75 Å². The van der Waals surface area contributed by atoms with Crippen LogP contribution in [-0.4, -0.2) is 26.5 Å². The highest BCUT2D eigenvalue weighted by atomic mass is 32.2. The van der Waals surface area contributed by atoms with E-state index in [4.69, 9.17) is 0 Å². The van der Waals surface area contributed by atoms with Crippen molar-refractivity contribution in [2.45, 2.75) is 31.6 Å². The minimum absolute atomic E-state index is 0.0148. The lowest BCUT2D eigenvalue weighted by atomic mass is 9.71. The Morgan fingerprint density at radius 1 is 1.15 bits per heavy atom. The number of carbonyl (C=O) groups excluding carboxylic acids is 1. The van der Waals surface area contributed by atoms with Crippen LogP contribution in [0.4, 0.5) is 8.78 Å². The molecule has 3 aliphatic carbocycles. The Kier molecular flexibility index (Phi) is 6.90. The summed E-state index contributed by atoms with van der Waals surface area (Å²) < 4.78 is 51.6. The lowest BCUT2D eigenvalue weighted by Gasteiger charge is -2.33. The van der Waals surface area contributed by atoms with Gasteiger partial charge in [0.05, 0.1) is 11.9 Å². The van der Waals surface area contributed by atoms with Crippen molar-refractivity contribution in [1.82, 2.24) is 5.32 Å². The molecule has 40 heavy (non-hydrogen) atoms. The van der Waals surface area contributed by atoms with Gasteiger partial charge in [-0.3, -0.25) is 14.0 Å². The summed E-state index contributed by atoms with van der Waals surface area (Å²) >= 11 is -2.18. The Hall–Kier alpha value is -4.01. The Balaban J connectivity index is 1.64. The van der Waals surface area contributed by atoms with Crippen LogP contribution < -0.4 is 15.8 Å². The Morgan fingerprint density at radius 3 is 2.77 bits per heavy atom. The number of allylic oxidation sites excluding steroid dienone is 6. The van der Waals surface area contributed by atoms with Gasteiger partial charge >= 0.3 is 0 Å². The van der Waals surface area contributed by atoms with Crippen molar-refractivity contribution in [3.63, 3.8) is 0 Å². The molecule has 202 valence electrons. The molecule has 4 aliphatic rings. The molecule has 1 heterocycles. The van der Waals surface area contributed by atoms with Gasteiger partial charge in [0.25, 0.3) is 0 Å². The van der Waals surface area contributed by atoms with Gasteiger partial charge in [0.1, 0.15) is 11.6 Å². The topological polar surface area (TPSA) is 81.6 Å². The van der Waals surface area contributed by atoms with Crippen LogP contribution >= 0.6 is 0 Å². The third kappa shape index (κ3) is 4.57. The molecule has 6 rings (SSSR count). The maximum absolute atomic E-state index is 15.2. The number of nitrogens with one attached hydrogen (secondary N) is 1. The number of aliphatic imine (C=N–C) groups is 1. The van der Waals surface area contributed by atoms with Crippen molar-refractivity contribution in [2.24, 2.45) is 4.99 Å². The Labute approximate surface area is 232 Å². The van der Waals surface area contributed by atoms with Gasteiger partial charge in [-0.2, -0.15) is 0 Å². The molecule has 1 N–H and O–H groups in total. The zero-order valence-electron chi connectivity index (χ0n) is 21.6. The van der Waals surface area contributed by atoms with Crippen LogP contribution in [-0.2, 0) is 11.1 Å². The van der Waals surface area contributed by atoms with Crippen molar-refractivity contribution in [1.29, 1.82) is 0 Å². The number of benzene rings is 2. The van der Waals surface area contributed by atoms with Crippen molar-refractivity contribution in [3.05, 3.63) is 129 Å². The predicted octanol–water partition coefficient (Wildman–Crippen LogP) is 4.47. The average Bonchev–Trinajstić information content (AvgIpc) is 3.21. The fraction of sp³-hybridized carbons (Fsp3) is 0.188. The van der Waals surface area contributed by atoms with Gasteiger partial charge in [0.2, 0.25) is 0 Å². The van der Waals surface area contributed by atoms with E-state index in [0.29, 0.717) is 40.5 Å². The number of fused-ring (bicyclic) bond motifs is 4. The third-order valence-corrected chi connectivity index (χ3v) is 8.35. The fourth-order valence-corrected chi connectivity index (χ4v) is 6.45. The molecule has 0 fully saturated rings. The number of hydrogen-bond donors (Lipinski definition) is 1. The molecule has 0 aromatic heterocycles. The Bertz CT molecular complexity index is 1800. The van der Waals surface area contributed by atoms with Gasteiger partial charge < -0.3 is 9.87 Å². The van der Waals surface area contributed by atoms with Gasteiger partial charge in [-0.1, -0.05) is 54.4 Å². The zero-order valence-corrected chi connectivity index (χ0v) is 22.4. The summed E-state index contributed by atoms with van der Waals surface area (Å²) in [5, 5.41) is 4.78. The van der Waals surface area contributed by atoms with Gasteiger partial charge in [0.15, 0.2) is 5.78 Å². The van der Waals surface area contributed by atoms with Crippen LogP contribution in [0.25, 0.3) is 11.1 Å². The van der Waals surface area contributed by atoms with Gasteiger partial charge in [-0.25, -0.2) is 8.78 Å². The highest BCUT2D eigenvalue weighted by Crippen LogP contribution is 2.45. The van der Waals surface area contributed by atoms with Crippen LogP contribution in [0, 0.1) is 11.6 Å². The molecular weight excluding hydrogens is 530 g/mol. The van der Waals surface area contributed by atoms with E-state index in [0.717, 1.165) is 33.6 Å². The number of halogens is 2. The zero-order chi connectivity index (χ0) is 28.0. The van der Waals surface area contributed by atoms with Gasteiger partial charge in [-0.05, 0) is 69.3 Å². The molecule has 0 saturated carbocycles. The van der Waals surface area contributed by atoms with Crippen molar-refractivity contribution >= 4 is 34.2 Å². The molecule has 0 bridgehead atoms. The summed E-state index contributed by atoms with van der Waals surface area (Å²) in [7, 11) is 0. The minimum Gasteiger partial charge on any atom is -0.772 e. The van der Waals surface area contributed by atoms with Gasteiger partial charge in [-0.15, -0.1) is 0 Å². The monoisotopic (exact) mass is 555 g/mol. The van der Waals surface area contributed by atoms with Crippen LogP contribution in [0.2, 0.25) is 0 Å². The van der Waals surface area contributed by atoms with E-state index in [1.54, 1.807) is 30.8 Å². The molecule has 5 nitrogen and oxygen atoms in total. The van der Waals surface area contributed by atoms with E-state index >= 15 is 4.39 Å². The van der Waals surface area contributed by atoms with Crippen molar-refractivity contribution in [3.8, 4) is 0 Å². The number of hydrogen-bond acceptors (Lipinski definition) is 5. The second kappa shape index (κ2) is 10.5. The maximum atomic E-state index is 15.2. The summed E-state index contributed by atoms with van der Waals surface area (Å²) in [6, 6.07) is 7.45. The van der Waals surface area contributed by atoms with E-state index < -0.39 is 28.6 Å². The first-order chi connectivity index (χ1) is 19.3. The first kappa shape index (κ1) is 26.2. The molecule has 3 atom stereocenters.